The maximum atomic E-state index is 12.4. The fraction of sp³-hybridized carbons (Fsp3) is 0.188. The molecule has 0 unspecified atom stereocenters. The molecule has 0 saturated carbocycles. The van der Waals surface area contributed by atoms with Crippen LogP contribution < -0.4 is 5.43 Å². The summed E-state index contributed by atoms with van der Waals surface area (Å²) in [4.78, 5) is 37.8. The van der Waals surface area contributed by atoms with E-state index in [1.165, 1.54) is 17.2 Å². The van der Waals surface area contributed by atoms with Crippen LogP contribution in [0, 0.1) is 0 Å². The largest absolute Gasteiger partial charge is 0.463 e. The van der Waals surface area contributed by atoms with E-state index >= 15 is 0 Å². The monoisotopic (exact) mass is 315 g/mol. The Morgan fingerprint density at radius 2 is 2.00 bits per heavy atom. The lowest BCUT2D eigenvalue weighted by Crippen LogP contribution is -2.28. The molecular weight excluding hydrogens is 302 g/mol. The Bertz CT molecular complexity index is 853. The van der Waals surface area contributed by atoms with E-state index in [2.05, 4.69) is 0 Å². The first-order valence-corrected chi connectivity index (χ1v) is 7.69. The number of amides is 2. The summed E-state index contributed by atoms with van der Waals surface area (Å²) >= 11 is 0.849. The van der Waals surface area contributed by atoms with Crippen molar-refractivity contribution in [2.75, 3.05) is 6.54 Å². The fourth-order valence-electron chi connectivity index (χ4n) is 2.25. The van der Waals surface area contributed by atoms with Gasteiger partial charge >= 0.3 is 0 Å². The van der Waals surface area contributed by atoms with Gasteiger partial charge in [0.05, 0.1) is 15.9 Å². The third-order valence-corrected chi connectivity index (χ3v) is 4.22. The summed E-state index contributed by atoms with van der Waals surface area (Å²) in [5, 5.41) is 0.146. The van der Waals surface area contributed by atoms with Crippen molar-refractivity contribution in [2.45, 2.75) is 13.3 Å². The highest BCUT2D eigenvalue weighted by molar-refractivity contribution is 8.18. The van der Waals surface area contributed by atoms with Gasteiger partial charge in [0.2, 0.25) is 0 Å². The number of thioether (sulfide) groups is 1. The Kier molecular flexibility index (Phi) is 3.85. The van der Waals surface area contributed by atoms with Gasteiger partial charge in [-0.15, -0.1) is 0 Å². The Morgan fingerprint density at radius 3 is 2.77 bits per heavy atom. The van der Waals surface area contributed by atoms with E-state index in [1.807, 2.05) is 6.92 Å². The normalized spacial score (nSPS) is 17.0. The molecule has 0 radical (unpaired) electrons. The van der Waals surface area contributed by atoms with E-state index in [4.69, 9.17) is 4.42 Å². The number of para-hydroxylation sites is 1. The molecule has 3 rings (SSSR count). The van der Waals surface area contributed by atoms with E-state index in [-0.39, 0.29) is 27.0 Å². The first-order valence-electron chi connectivity index (χ1n) is 6.87. The Balaban J connectivity index is 2.03. The molecule has 0 N–H and O–H groups in total. The summed E-state index contributed by atoms with van der Waals surface area (Å²) < 4.78 is 5.41. The molecule has 1 aliphatic rings. The van der Waals surface area contributed by atoms with E-state index in [0.29, 0.717) is 23.9 Å². The number of carbonyl (C=O) groups excluding carboxylic acids is 2. The SMILES string of the molecule is CCCN1C(=O)S/C(=C\c2coc3ccccc3c2=O)C1=O. The standard InChI is InChI=1S/C16H13NO4S/c1-2-7-17-15(19)13(22-16(17)20)8-10-9-21-12-6-4-3-5-11(12)14(10)18/h3-6,8-9H,2,7H2,1H3/b13-8-. The quantitative estimate of drug-likeness (QED) is 0.813. The number of hydrogen-bond acceptors (Lipinski definition) is 5. The summed E-state index contributed by atoms with van der Waals surface area (Å²) in [7, 11) is 0. The second-order valence-corrected chi connectivity index (χ2v) is 5.84. The highest BCUT2D eigenvalue weighted by Gasteiger charge is 2.34. The van der Waals surface area contributed by atoms with Gasteiger partial charge in [0.1, 0.15) is 11.8 Å². The minimum absolute atomic E-state index is 0.218. The molecule has 1 aliphatic heterocycles. The maximum Gasteiger partial charge on any atom is 0.293 e. The predicted molar refractivity (Wildman–Crippen MR) is 85.5 cm³/mol. The van der Waals surface area contributed by atoms with Gasteiger partial charge in [0.25, 0.3) is 11.1 Å². The molecule has 112 valence electrons. The Labute approximate surface area is 130 Å². The van der Waals surface area contributed by atoms with Crippen LogP contribution in [0.2, 0.25) is 0 Å². The highest BCUT2D eigenvalue weighted by atomic mass is 32.2. The summed E-state index contributed by atoms with van der Waals surface area (Å²) in [6.07, 6.45) is 3.45. The number of imide groups is 1. The van der Waals surface area contributed by atoms with Gasteiger partial charge in [0, 0.05) is 6.54 Å². The Hall–Kier alpha value is -2.34. The fourth-order valence-corrected chi connectivity index (χ4v) is 3.11. The Morgan fingerprint density at radius 1 is 1.23 bits per heavy atom. The predicted octanol–water partition coefficient (Wildman–Crippen LogP) is 3.24. The number of rotatable bonds is 3. The van der Waals surface area contributed by atoms with Crippen LogP contribution in [-0.2, 0) is 4.79 Å². The molecule has 0 spiro atoms. The first-order chi connectivity index (χ1) is 10.6. The smallest absolute Gasteiger partial charge is 0.293 e. The number of fused-ring (bicyclic) bond motifs is 1. The van der Waals surface area contributed by atoms with Crippen molar-refractivity contribution in [3.63, 3.8) is 0 Å². The van der Waals surface area contributed by atoms with Crippen molar-refractivity contribution < 1.29 is 14.0 Å². The number of carbonyl (C=O) groups is 2. The van der Waals surface area contributed by atoms with Crippen LogP contribution in [0.4, 0.5) is 4.79 Å². The van der Waals surface area contributed by atoms with E-state index in [0.717, 1.165) is 11.8 Å². The zero-order valence-corrected chi connectivity index (χ0v) is 12.7. The average Bonchev–Trinajstić information content (AvgIpc) is 2.78. The third kappa shape index (κ3) is 2.46. The van der Waals surface area contributed by atoms with Gasteiger partial charge in [-0.3, -0.25) is 19.3 Å². The number of benzene rings is 1. The molecule has 2 aromatic rings. The topological polar surface area (TPSA) is 67.6 Å². The van der Waals surface area contributed by atoms with Gasteiger partial charge in [-0.2, -0.15) is 0 Å². The number of nitrogens with zero attached hydrogens (tertiary/aromatic N) is 1. The molecule has 1 aromatic heterocycles. The lowest BCUT2D eigenvalue weighted by atomic mass is 10.1. The zero-order valence-electron chi connectivity index (χ0n) is 11.9. The van der Waals surface area contributed by atoms with Crippen molar-refractivity contribution in [2.24, 2.45) is 0 Å². The van der Waals surface area contributed by atoms with Gasteiger partial charge in [0.15, 0.2) is 5.43 Å². The second-order valence-electron chi connectivity index (χ2n) is 4.85. The molecule has 0 bridgehead atoms. The van der Waals surface area contributed by atoms with Gasteiger partial charge in [-0.1, -0.05) is 19.1 Å². The molecular formula is C16H13NO4S. The van der Waals surface area contributed by atoms with Gasteiger partial charge < -0.3 is 4.42 Å². The maximum absolute atomic E-state index is 12.4. The highest BCUT2D eigenvalue weighted by Crippen LogP contribution is 2.31. The van der Waals surface area contributed by atoms with Crippen LogP contribution >= 0.6 is 11.8 Å². The minimum Gasteiger partial charge on any atom is -0.463 e. The summed E-state index contributed by atoms with van der Waals surface area (Å²) in [6.45, 7) is 2.28. The van der Waals surface area contributed by atoms with Crippen molar-refractivity contribution in [1.82, 2.24) is 4.90 Å². The van der Waals surface area contributed by atoms with Crippen LogP contribution in [0.15, 0.2) is 44.6 Å². The molecule has 5 nitrogen and oxygen atoms in total. The van der Waals surface area contributed by atoms with Crippen molar-refractivity contribution in [3.05, 3.63) is 51.2 Å². The molecule has 2 heterocycles. The van der Waals surface area contributed by atoms with Crippen LogP contribution in [0.25, 0.3) is 17.0 Å². The summed E-state index contributed by atoms with van der Waals surface area (Å²) in [5.74, 6) is -0.357. The third-order valence-electron chi connectivity index (χ3n) is 3.31. The average molecular weight is 315 g/mol. The molecule has 22 heavy (non-hydrogen) atoms. The lowest BCUT2D eigenvalue weighted by molar-refractivity contribution is -0.122. The van der Waals surface area contributed by atoms with Gasteiger partial charge in [-0.05, 0) is 36.4 Å². The van der Waals surface area contributed by atoms with Crippen molar-refractivity contribution in [3.8, 4) is 0 Å². The zero-order chi connectivity index (χ0) is 15.7. The van der Waals surface area contributed by atoms with E-state index in [9.17, 15) is 14.4 Å². The van der Waals surface area contributed by atoms with Crippen LogP contribution in [0.5, 0.6) is 0 Å². The molecule has 0 aliphatic carbocycles. The summed E-state index contributed by atoms with van der Waals surface area (Å²) in [6, 6.07) is 6.90. The first kappa shape index (κ1) is 14.6. The molecule has 1 aromatic carbocycles. The van der Waals surface area contributed by atoms with Gasteiger partial charge in [-0.25, -0.2) is 0 Å². The molecule has 1 fully saturated rings. The van der Waals surface area contributed by atoms with Crippen molar-refractivity contribution >= 4 is 40.0 Å². The molecule has 6 heteroatoms. The molecule has 0 atom stereocenters. The van der Waals surface area contributed by atoms with Crippen LogP contribution in [0.1, 0.15) is 18.9 Å². The molecule has 2 amide bonds. The second kappa shape index (κ2) is 5.81. The van der Waals surface area contributed by atoms with Crippen LogP contribution in [-0.4, -0.2) is 22.6 Å². The minimum atomic E-state index is -0.357. The van der Waals surface area contributed by atoms with Crippen molar-refractivity contribution in [1.29, 1.82) is 0 Å². The molecule has 1 saturated heterocycles. The lowest BCUT2D eigenvalue weighted by Gasteiger charge is -2.09. The van der Waals surface area contributed by atoms with E-state index < -0.39 is 0 Å². The van der Waals surface area contributed by atoms with Crippen LogP contribution in [0.3, 0.4) is 0 Å². The van der Waals surface area contributed by atoms with E-state index in [1.54, 1.807) is 24.3 Å². The number of hydrogen-bond donors (Lipinski definition) is 0. The summed E-state index contributed by atoms with van der Waals surface area (Å²) in [5.41, 5.74) is 0.536.